The van der Waals surface area contributed by atoms with Crippen LogP contribution in [0, 0.1) is 27.3 Å². The molecular formula is C8H3F3N2O3. The third kappa shape index (κ3) is 2.20. The van der Waals surface area contributed by atoms with Crippen LogP contribution in [0.15, 0.2) is 12.1 Å². The summed E-state index contributed by atoms with van der Waals surface area (Å²) in [6, 6.07) is 2.56. The first-order valence-corrected chi connectivity index (χ1v) is 3.79. The van der Waals surface area contributed by atoms with Gasteiger partial charge in [0.15, 0.2) is 11.3 Å². The van der Waals surface area contributed by atoms with Crippen LogP contribution in [0.2, 0.25) is 0 Å². The lowest BCUT2D eigenvalue weighted by Crippen LogP contribution is -2.06. The van der Waals surface area contributed by atoms with Crippen molar-refractivity contribution in [2.45, 2.75) is 6.61 Å². The van der Waals surface area contributed by atoms with Crippen LogP contribution >= 0.6 is 0 Å². The summed E-state index contributed by atoms with van der Waals surface area (Å²) >= 11 is 0. The fourth-order valence-corrected chi connectivity index (χ4v) is 1.03. The Bertz CT molecular complexity index is 470. The van der Waals surface area contributed by atoms with Gasteiger partial charge in [-0.25, -0.2) is 0 Å². The van der Waals surface area contributed by atoms with Gasteiger partial charge in [-0.05, 0) is 12.1 Å². The number of alkyl halides is 2. The lowest BCUT2D eigenvalue weighted by molar-refractivity contribution is -0.387. The second-order valence-electron chi connectivity index (χ2n) is 2.52. The van der Waals surface area contributed by atoms with E-state index in [2.05, 4.69) is 4.74 Å². The number of hydrogen-bond acceptors (Lipinski definition) is 4. The highest BCUT2D eigenvalue weighted by Crippen LogP contribution is 2.31. The smallest absolute Gasteiger partial charge is 0.387 e. The zero-order chi connectivity index (χ0) is 12.3. The molecule has 0 unspecified atom stereocenters. The molecule has 1 rings (SSSR count). The van der Waals surface area contributed by atoms with E-state index in [9.17, 15) is 23.3 Å². The van der Waals surface area contributed by atoms with Crippen LogP contribution in [0.25, 0.3) is 0 Å². The lowest BCUT2D eigenvalue weighted by atomic mass is 10.1. The molecule has 0 saturated carbocycles. The highest BCUT2D eigenvalue weighted by Gasteiger charge is 2.25. The Morgan fingerprint density at radius 3 is 2.56 bits per heavy atom. The number of rotatable bonds is 3. The first-order chi connectivity index (χ1) is 7.47. The molecule has 5 nitrogen and oxygen atoms in total. The van der Waals surface area contributed by atoms with E-state index < -0.39 is 34.4 Å². The lowest BCUT2D eigenvalue weighted by Gasteiger charge is -2.06. The number of nitro groups is 1. The van der Waals surface area contributed by atoms with Crippen molar-refractivity contribution >= 4 is 5.69 Å². The van der Waals surface area contributed by atoms with Crippen molar-refractivity contribution in [3.05, 3.63) is 33.6 Å². The van der Waals surface area contributed by atoms with Crippen LogP contribution in [0.1, 0.15) is 5.56 Å². The minimum atomic E-state index is -3.25. The van der Waals surface area contributed by atoms with Crippen LogP contribution in [-0.4, -0.2) is 11.5 Å². The number of benzene rings is 1. The van der Waals surface area contributed by atoms with Crippen molar-refractivity contribution in [2.24, 2.45) is 0 Å². The van der Waals surface area contributed by atoms with Gasteiger partial charge in [-0.2, -0.15) is 18.4 Å². The quantitative estimate of drug-likeness (QED) is 0.591. The van der Waals surface area contributed by atoms with Crippen molar-refractivity contribution in [1.82, 2.24) is 0 Å². The number of nitro benzene ring substituents is 1. The largest absolute Gasteiger partial charge is 0.433 e. The van der Waals surface area contributed by atoms with Crippen molar-refractivity contribution in [3.63, 3.8) is 0 Å². The van der Waals surface area contributed by atoms with Gasteiger partial charge in [-0.15, -0.1) is 0 Å². The number of halogens is 3. The summed E-state index contributed by atoms with van der Waals surface area (Å²) in [7, 11) is 0. The van der Waals surface area contributed by atoms with Crippen LogP contribution in [0.5, 0.6) is 5.75 Å². The highest BCUT2D eigenvalue weighted by atomic mass is 19.3. The molecule has 84 valence electrons. The molecule has 16 heavy (non-hydrogen) atoms. The van der Waals surface area contributed by atoms with Gasteiger partial charge in [0.1, 0.15) is 6.07 Å². The molecule has 0 fully saturated rings. The van der Waals surface area contributed by atoms with Crippen molar-refractivity contribution in [2.75, 3.05) is 0 Å². The Morgan fingerprint density at radius 1 is 1.50 bits per heavy atom. The maximum atomic E-state index is 13.0. The summed E-state index contributed by atoms with van der Waals surface area (Å²) in [6.45, 7) is -3.25. The number of nitrogens with zero attached hydrogens (tertiary/aromatic N) is 2. The Morgan fingerprint density at radius 2 is 2.12 bits per heavy atom. The van der Waals surface area contributed by atoms with Crippen LogP contribution < -0.4 is 4.74 Å². The molecule has 0 amide bonds. The second-order valence-corrected chi connectivity index (χ2v) is 2.52. The maximum absolute atomic E-state index is 13.0. The molecule has 1 aromatic carbocycles. The van der Waals surface area contributed by atoms with Gasteiger partial charge in [0.05, 0.1) is 4.92 Å². The Kier molecular flexibility index (Phi) is 3.30. The molecule has 0 heterocycles. The standard InChI is InChI=1S/C8H3F3N2O3/c9-5-1-2-6(16-8(10)11)4(3-12)7(5)13(14)15/h1-2,8H. The zero-order valence-electron chi connectivity index (χ0n) is 7.49. The third-order valence-electron chi connectivity index (χ3n) is 1.60. The molecule has 0 N–H and O–H groups in total. The minimum Gasteiger partial charge on any atom is -0.433 e. The number of ether oxygens (including phenoxy) is 1. The van der Waals surface area contributed by atoms with E-state index in [0.29, 0.717) is 6.07 Å². The number of nitriles is 1. The Labute approximate surface area is 86.8 Å². The summed E-state index contributed by atoms with van der Waals surface area (Å²) in [6.07, 6.45) is 0. The van der Waals surface area contributed by atoms with E-state index in [0.717, 1.165) is 6.07 Å². The molecule has 0 aromatic heterocycles. The minimum absolute atomic E-state index is 0.580. The van der Waals surface area contributed by atoms with Gasteiger partial charge in [0.25, 0.3) is 0 Å². The topological polar surface area (TPSA) is 76.2 Å². The van der Waals surface area contributed by atoms with Crippen LogP contribution in [0.3, 0.4) is 0 Å². The van der Waals surface area contributed by atoms with E-state index in [4.69, 9.17) is 5.26 Å². The van der Waals surface area contributed by atoms with Crippen molar-refractivity contribution < 1.29 is 22.8 Å². The summed E-state index contributed by atoms with van der Waals surface area (Å²) < 4.78 is 40.6. The molecule has 1 aromatic rings. The Balaban J connectivity index is 3.38. The summed E-state index contributed by atoms with van der Waals surface area (Å²) in [5.41, 5.74) is -2.05. The fraction of sp³-hybridized carbons (Fsp3) is 0.125. The average molecular weight is 232 g/mol. The molecule has 0 aliphatic carbocycles. The van der Waals surface area contributed by atoms with E-state index in [-0.39, 0.29) is 0 Å². The normalized spacial score (nSPS) is 9.94. The Hall–Kier alpha value is -2.30. The van der Waals surface area contributed by atoms with Gasteiger partial charge in [0.2, 0.25) is 5.82 Å². The fourth-order valence-electron chi connectivity index (χ4n) is 1.03. The maximum Gasteiger partial charge on any atom is 0.387 e. The van der Waals surface area contributed by atoms with Gasteiger partial charge in [-0.1, -0.05) is 0 Å². The van der Waals surface area contributed by atoms with Gasteiger partial charge >= 0.3 is 12.3 Å². The molecule has 0 aliphatic rings. The van der Waals surface area contributed by atoms with E-state index in [1.54, 1.807) is 0 Å². The van der Waals surface area contributed by atoms with E-state index >= 15 is 0 Å². The summed E-state index contributed by atoms with van der Waals surface area (Å²) in [4.78, 5) is 9.24. The number of hydrogen-bond donors (Lipinski definition) is 0. The van der Waals surface area contributed by atoms with Crippen molar-refractivity contribution in [1.29, 1.82) is 5.26 Å². The molecule has 0 radical (unpaired) electrons. The molecule has 8 heteroatoms. The third-order valence-corrected chi connectivity index (χ3v) is 1.60. The summed E-state index contributed by atoms with van der Waals surface area (Å²) in [5, 5.41) is 19.0. The predicted molar refractivity (Wildman–Crippen MR) is 44.4 cm³/mol. The van der Waals surface area contributed by atoms with Crippen LogP contribution in [0.4, 0.5) is 18.9 Å². The molecule has 0 bridgehead atoms. The van der Waals surface area contributed by atoms with Crippen molar-refractivity contribution in [3.8, 4) is 11.8 Å². The average Bonchev–Trinajstić information content (AvgIpc) is 2.18. The van der Waals surface area contributed by atoms with E-state index in [1.807, 2.05) is 0 Å². The van der Waals surface area contributed by atoms with Crippen LogP contribution in [-0.2, 0) is 0 Å². The first kappa shape index (κ1) is 11.8. The monoisotopic (exact) mass is 232 g/mol. The van der Waals surface area contributed by atoms with Gasteiger partial charge < -0.3 is 4.74 Å². The molecule has 0 saturated heterocycles. The molecule has 0 atom stereocenters. The summed E-state index contributed by atoms with van der Waals surface area (Å²) in [5.74, 6) is -2.02. The second kappa shape index (κ2) is 4.48. The van der Waals surface area contributed by atoms with Gasteiger partial charge in [-0.3, -0.25) is 10.1 Å². The SMILES string of the molecule is N#Cc1c(OC(F)F)ccc(F)c1[N+](=O)[O-]. The first-order valence-electron chi connectivity index (χ1n) is 3.79. The zero-order valence-corrected chi connectivity index (χ0v) is 7.49. The molecule has 0 spiro atoms. The molecular weight excluding hydrogens is 229 g/mol. The molecule has 0 aliphatic heterocycles. The van der Waals surface area contributed by atoms with E-state index in [1.165, 1.54) is 6.07 Å². The highest BCUT2D eigenvalue weighted by molar-refractivity contribution is 5.57. The van der Waals surface area contributed by atoms with Gasteiger partial charge in [0, 0.05) is 0 Å². The predicted octanol–water partition coefficient (Wildman–Crippen LogP) is 2.21.